The van der Waals surface area contributed by atoms with Gasteiger partial charge in [0.15, 0.2) is 0 Å². The zero-order valence-electron chi connectivity index (χ0n) is 15.5. The fourth-order valence-electron chi connectivity index (χ4n) is 4.45. The number of carbonyl (C=O) groups is 2. The molecule has 0 bridgehead atoms. The third kappa shape index (κ3) is 3.68. The van der Waals surface area contributed by atoms with Gasteiger partial charge >= 0.3 is 13.1 Å². The number of hydrogen-bond donors (Lipinski definition) is 4. The first kappa shape index (κ1) is 19.1. The van der Waals surface area contributed by atoms with Crippen LogP contribution in [0.15, 0.2) is 12.1 Å². The first-order chi connectivity index (χ1) is 13.3. The highest BCUT2D eigenvalue weighted by Gasteiger charge is 2.50. The smallest absolute Gasteiger partial charge is 0.451 e. The maximum absolute atomic E-state index is 12.5. The predicted molar refractivity (Wildman–Crippen MR) is 99.1 cm³/mol. The number of carbonyl (C=O) groups excluding carboxylic acids is 1. The van der Waals surface area contributed by atoms with E-state index >= 15 is 0 Å². The Hall–Kier alpha value is -2.26. The lowest BCUT2D eigenvalue weighted by Gasteiger charge is -2.40. The summed E-state index contributed by atoms with van der Waals surface area (Å²) in [4.78, 5) is 25.8. The molecular formula is C19H24BNO7. The van der Waals surface area contributed by atoms with Gasteiger partial charge in [-0.25, -0.2) is 4.79 Å². The Morgan fingerprint density at radius 1 is 1.14 bits per heavy atom. The molecule has 1 aliphatic heterocycles. The summed E-state index contributed by atoms with van der Waals surface area (Å²) in [6, 6.07) is 2.99. The van der Waals surface area contributed by atoms with E-state index in [0.29, 0.717) is 18.7 Å². The highest BCUT2D eigenvalue weighted by Crippen LogP contribution is 2.54. The summed E-state index contributed by atoms with van der Waals surface area (Å²) in [5, 5.41) is 37.7. The van der Waals surface area contributed by atoms with Crippen LogP contribution in [0.4, 0.5) is 0 Å². The molecule has 1 heterocycles. The van der Waals surface area contributed by atoms with Gasteiger partial charge < -0.3 is 29.9 Å². The molecule has 4 N–H and O–H groups in total. The van der Waals surface area contributed by atoms with Crippen LogP contribution in [0.25, 0.3) is 0 Å². The van der Waals surface area contributed by atoms with E-state index in [0.717, 1.165) is 24.7 Å². The molecule has 0 spiro atoms. The van der Waals surface area contributed by atoms with E-state index in [-0.39, 0.29) is 42.0 Å². The minimum absolute atomic E-state index is 0.0185. The Labute approximate surface area is 162 Å². The number of phenols is 1. The number of aromatic hydroxyl groups is 1. The second kappa shape index (κ2) is 7.29. The van der Waals surface area contributed by atoms with E-state index < -0.39 is 18.8 Å². The second-order valence-electron chi connectivity index (χ2n) is 8.18. The van der Waals surface area contributed by atoms with Crippen molar-refractivity contribution in [3.8, 4) is 11.5 Å². The maximum atomic E-state index is 12.5. The normalized spacial score (nSPS) is 25.8. The van der Waals surface area contributed by atoms with E-state index in [2.05, 4.69) is 0 Å². The molecule has 0 aromatic heterocycles. The van der Waals surface area contributed by atoms with Crippen molar-refractivity contribution in [3.05, 3.63) is 23.3 Å². The fraction of sp³-hybridized carbons (Fsp3) is 0.579. The third-order valence-electron chi connectivity index (χ3n) is 6.16. The number of carboxylic acids is 1. The number of benzene rings is 1. The molecule has 8 nitrogen and oxygen atoms in total. The molecule has 1 amide bonds. The van der Waals surface area contributed by atoms with Gasteiger partial charge in [0.2, 0.25) is 5.91 Å². The first-order valence-corrected chi connectivity index (χ1v) is 9.73. The van der Waals surface area contributed by atoms with E-state index in [1.165, 1.54) is 18.6 Å². The number of nitrogens with zero attached hydrogens (tertiary/aromatic N) is 1. The summed E-state index contributed by atoms with van der Waals surface area (Å²) < 4.78 is 5.74. The number of carboxylic acid groups (broad SMARTS) is 1. The topological polar surface area (TPSA) is 128 Å². The third-order valence-corrected chi connectivity index (χ3v) is 6.16. The predicted octanol–water partition coefficient (Wildman–Crippen LogP) is 0.741. The molecule has 3 aliphatic rings. The summed E-state index contributed by atoms with van der Waals surface area (Å²) >= 11 is 0. The Morgan fingerprint density at radius 3 is 2.43 bits per heavy atom. The molecule has 28 heavy (non-hydrogen) atoms. The van der Waals surface area contributed by atoms with Gasteiger partial charge in [-0.1, -0.05) is 6.07 Å². The number of likely N-dealkylation sites (tertiary alicyclic amines) is 1. The van der Waals surface area contributed by atoms with Gasteiger partial charge in [0, 0.05) is 5.92 Å². The molecule has 3 fully saturated rings. The van der Waals surface area contributed by atoms with Gasteiger partial charge in [0.1, 0.15) is 23.2 Å². The Balaban J connectivity index is 1.37. The minimum Gasteiger partial charge on any atom is -0.507 e. The van der Waals surface area contributed by atoms with Gasteiger partial charge in [-0.15, -0.1) is 0 Å². The van der Waals surface area contributed by atoms with Gasteiger partial charge in [0.25, 0.3) is 0 Å². The molecule has 0 radical (unpaired) electrons. The van der Waals surface area contributed by atoms with Gasteiger partial charge in [0.05, 0.1) is 13.1 Å². The van der Waals surface area contributed by atoms with Gasteiger partial charge in [-0.3, -0.25) is 4.79 Å². The minimum atomic E-state index is -1.53. The van der Waals surface area contributed by atoms with Crippen LogP contribution in [0, 0.1) is 17.8 Å². The van der Waals surface area contributed by atoms with Gasteiger partial charge in [-0.2, -0.15) is 0 Å². The molecule has 2 saturated carbocycles. The summed E-state index contributed by atoms with van der Waals surface area (Å²) in [5.74, 6) is 0.0929. The SMILES string of the molecule is O=C(O)c1c(OC2CN(C(=O)C3C[C@@H]4C[C@@H]4C3)C2)ccc(CCB(O)O)c1O. The van der Waals surface area contributed by atoms with Crippen molar-refractivity contribution in [1.82, 2.24) is 4.90 Å². The number of hydrogen-bond acceptors (Lipinski definition) is 6. The van der Waals surface area contributed by atoms with Crippen molar-refractivity contribution in [2.75, 3.05) is 13.1 Å². The van der Waals surface area contributed by atoms with Crippen molar-refractivity contribution < 1.29 is 34.6 Å². The lowest BCUT2D eigenvalue weighted by molar-refractivity contribution is -0.144. The number of fused-ring (bicyclic) bond motifs is 1. The van der Waals surface area contributed by atoms with Crippen LogP contribution in [-0.4, -0.2) is 63.3 Å². The summed E-state index contributed by atoms with van der Waals surface area (Å²) in [5.41, 5.74) is -0.0337. The van der Waals surface area contributed by atoms with Crippen molar-refractivity contribution in [2.45, 2.75) is 38.1 Å². The average molecular weight is 389 g/mol. The van der Waals surface area contributed by atoms with Crippen LogP contribution in [0.2, 0.25) is 6.32 Å². The Bertz CT molecular complexity index is 783. The fourth-order valence-corrected chi connectivity index (χ4v) is 4.45. The van der Waals surface area contributed by atoms with Crippen molar-refractivity contribution in [1.29, 1.82) is 0 Å². The molecule has 150 valence electrons. The highest BCUT2D eigenvalue weighted by atomic mass is 16.5. The molecule has 1 aromatic rings. The highest BCUT2D eigenvalue weighted by molar-refractivity contribution is 6.41. The maximum Gasteiger partial charge on any atom is 0.451 e. The molecule has 1 saturated heterocycles. The van der Waals surface area contributed by atoms with Crippen molar-refractivity contribution in [2.24, 2.45) is 17.8 Å². The zero-order chi connectivity index (χ0) is 20.0. The standard InChI is InChI=1S/C19H24BNO7/c22-17-10(3-4-20(26)27)1-2-15(16(17)19(24)25)28-14-8-21(9-14)18(23)13-6-11-5-12(11)7-13/h1-2,11-14,22,26-27H,3-9H2,(H,24,25)/t11-,12+,13?. The lowest BCUT2D eigenvalue weighted by Crippen LogP contribution is -2.57. The number of aryl methyl sites for hydroxylation is 1. The zero-order valence-corrected chi connectivity index (χ0v) is 15.5. The quantitative estimate of drug-likeness (QED) is 0.507. The number of aromatic carboxylic acids is 1. The molecule has 1 unspecified atom stereocenters. The molecule has 4 rings (SSSR count). The molecule has 9 heteroatoms. The summed E-state index contributed by atoms with van der Waals surface area (Å²) in [7, 11) is -1.53. The van der Waals surface area contributed by atoms with Crippen LogP contribution in [0.3, 0.4) is 0 Å². The van der Waals surface area contributed by atoms with Gasteiger partial charge in [-0.05, 0) is 55.5 Å². The van der Waals surface area contributed by atoms with Crippen LogP contribution >= 0.6 is 0 Å². The van der Waals surface area contributed by atoms with Crippen molar-refractivity contribution in [3.63, 3.8) is 0 Å². The van der Waals surface area contributed by atoms with Crippen LogP contribution in [0.1, 0.15) is 35.2 Å². The van der Waals surface area contributed by atoms with E-state index in [1.807, 2.05) is 0 Å². The van der Waals surface area contributed by atoms with Crippen LogP contribution in [-0.2, 0) is 11.2 Å². The Kier molecular flexibility index (Phi) is 4.97. The molecule has 2 aliphatic carbocycles. The average Bonchev–Trinajstić information content (AvgIpc) is 3.21. The number of ether oxygens (including phenoxy) is 1. The van der Waals surface area contributed by atoms with E-state index in [1.54, 1.807) is 4.90 Å². The first-order valence-electron chi connectivity index (χ1n) is 9.73. The lowest BCUT2D eigenvalue weighted by atomic mass is 9.82. The largest absolute Gasteiger partial charge is 0.507 e. The summed E-state index contributed by atoms with van der Waals surface area (Å²) in [6.07, 6.45) is 3.06. The van der Waals surface area contributed by atoms with Crippen molar-refractivity contribution >= 4 is 19.0 Å². The van der Waals surface area contributed by atoms with E-state index in [4.69, 9.17) is 14.8 Å². The van der Waals surface area contributed by atoms with Crippen LogP contribution < -0.4 is 4.74 Å². The van der Waals surface area contributed by atoms with Crippen LogP contribution in [0.5, 0.6) is 11.5 Å². The second-order valence-corrected chi connectivity index (χ2v) is 8.18. The van der Waals surface area contributed by atoms with E-state index in [9.17, 15) is 19.8 Å². The number of amides is 1. The Morgan fingerprint density at radius 2 is 1.82 bits per heavy atom. The summed E-state index contributed by atoms with van der Waals surface area (Å²) in [6.45, 7) is 0.839. The molecular weight excluding hydrogens is 365 g/mol. The molecule has 1 aromatic carbocycles. The molecule has 3 atom stereocenters. The monoisotopic (exact) mass is 389 g/mol. The number of rotatable bonds is 7.